The third kappa shape index (κ3) is 7.69. The Labute approximate surface area is 327 Å². The molecule has 3 amide bonds. The second-order valence-corrected chi connectivity index (χ2v) is 15.2. The molecule has 0 radical (unpaired) electrons. The van der Waals surface area contributed by atoms with Crippen LogP contribution in [0.15, 0.2) is 79.1 Å². The van der Waals surface area contributed by atoms with Crippen LogP contribution in [0, 0.1) is 6.92 Å². The maximum absolute atomic E-state index is 12.2. The average molecular weight is 753 g/mol. The molecule has 0 unspecified atom stereocenters. The fourth-order valence-electron chi connectivity index (χ4n) is 8.39. The van der Waals surface area contributed by atoms with Gasteiger partial charge in [0.25, 0.3) is 0 Å². The van der Waals surface area contributed by atoms with Crippen molar-refractivity contribution < 1.29 is 14.3 Å². The summed E-state index contributed by atoms with van der Waals surface area (Å²) in [6, 6.07) is 22.9. The van der Waals surface area contributed by atoms with Crippen LogP contribution >= 0.6 is 0 Å². The van der Waals surface area contributed by atoms with Crippen LogP contribution in [0.2, 0.25) is 0 Å². The number of piperazine rings is 1. The number of hydrogen-bond donors (Lipinski definition) is 3. The Morgan fingerprint density at radius 2 is 1.57 bits per heavy atom. The van der Waals surface area contributed by atoms with Gasteiger partial charge in [-0.25, -0.2) is 19.7 Å². The van der Waals surface area contributed by atoms with E-state index in [0.717, 1.165) is 116 Å². The summed E-state index contributed by atoms with van der Waals surface area (Å²) in [7, 11) is 0. The van der Waals surface area contributed by atoms with Gasteiger partial charge in [0.1, 0.15) is 12.3 Å². The zero-order chi connectivity index (χ0) is 38.0. The molecule has 288 valence electrons. The first kappa shape index (κ1) is 35.9. The van der Waals surface area contributed by atoms with E-state index in [9.17, 15) is 9.59 Å². The zero-order valence-electron chi connectivity index (χ0n) is 31.8. The number of fused-ring (bicyclic) bond motifs is 2. The number of amides is 3. The van der Waals surface area contributed by atoms with Crippen LogP contribution in [0.4, 0.5) is 33.5 Å². The first-order valence-electron chi connectivity index (χ1n) is 19.8. The molecule has 0 saturated carbocycles. The summed E-state index contributed by atoms with van der Waals surface area (Å²) < 4.78 is 5.72. The number of imide groups is 1. The smallest absolute Gasteiger partial charge is 0.328 e. The fraction of sp³-hybridized carbons (Fsp3) is 0.372. The van der Waals surface area contributed by atoms with Gasteiger partial charge in [0, 0.05) is 99.2 Å². The van der Waals surface area contributed by atoms with Crippen LogP contribution < -0.4 is 30.5 Å². The molecule has 0 atom stereocenters. The van der Waals surface area contributed by atoms with Gasteiger partial charge in [0.15, 0.2) is 0 Å². The number of anilines is 5. The number of ether oxygens (including phenoxy) is 1. The van der Waals surface area contributed by atoms with E-state index in [1.54, 1.807) is 4.90 Å². The van der Waals surface area contributed by atoms with E-state index in [4.69, 9.17) is 9.72 Å². The van der Waals surface area contributed by atoms with E-state index in [2.05, 4.69) is 102 Å². The lowest BCUT2D eigenvalue weighted by Crippen LogP contribution is -2.49. The summed E-state index contributed by atoms with van der Waals surface area (Å²) in [5.41, 5.74) is 9.42. The first-order chi connectivity index (χ1) is 27.4. The molecule has 0 spiro atoms. The van der Waals surface area contributed by atoms with Crippen molar-refractivity contribution in [3.8, 4) is 17.0 Å². The van der Waals surface area contributed by atoms with Gasteiger partial charge in [-0.15, -0.1) is 0 Å². The Balaban J connectivity index is 0.730. The van der Waals surface area contributed by atoms with E-state index < -0.39 is 0 Å². The Bertz CT molecular complexity index is 2210. The first-order valence-corrected chi connectivity index (χ1v) is 19.8. The molecule has 0 bridgehead atoms. The molecular formula is C43H48N10O3. The molecular weight excluding hydrogens is 705 g/mol. The number of piperidine rings is 1. The van der Waals surface area contributed by atoms with Gasteiger partial charge in [0.2, 0.25) is 17.7 Å². The number of carbonyl (C=O) groups is 2. The summed E-state index contributed by atoms with van der Waals surface area (Å²) in [5, 5.41) is 10.2. The number of pyridine rings is 1. The number of nitrogens with one attached hydrogen (secondary N) is 3. The minimum atomic E-state index is -0.334. The highest BCUT2D eigenvalue weighted by Gasteiger charge is 2.26. The topological polar surface area (TPSA) is 131 Å². The number of nitrogens with zero attached hydrogens (tertiary/aromatic N) is 7. The molecule has 6 heterocycles. The Hall–Kier alpha value is -5.79. The van der Waals surface area contributed by atoms with Gasteiger partial charge in [-0.2, -0.15) is 0 Å². The molecule has 13 heteroatoms. The molecule has 3 N–H and O–H groups in total. The number of carbonyl (C=O) groups excluding carboxylic acids is 2. The molecule has 0 aliphatic carbocycles. The van der Waals surface area contributed by atoms with Gasteiger partial charge < -0.3 is 25.2 Å². The number of rotatable bonds is 9. The highest BCUT2D eigenvalue weighted by Crippen LogP contribution is 2.36. The van der Waals surface area contributed by atoms with Crippen molar-refractivity contribution in [3.05, 3.63) is 90.3 Å². The summed E-state index contributed by atoms with van der Waals surface area (Å²) in [5.74, 6) is 1.56. The standard InChI is InChI=1S/C43H48N10O3/c1-29-37(28-45-41-40(29)44-15-25-56-41)32-2-3-33-27-46-42(48-38(33)26-32)47-34-6-10-35(11-7-34)52-23-21-51(22-24-52)20-19-50-16-12-31(13-17-50)30-4-8-36(9-5-30)53-18-14-39(54)49-43(53)55/h2-11,26-28,31,44H,12-25H2,1H3,(H,46,47,48)(H,49,54,55). The van der Waals surface area contributed by atoms with Gasteiger partial charge in [-0.05, 0) is 97.9 Å². The van der Waals surface area contributed by atoms with Crippen molar-refractivity contribution in [2.75, 3.05) is 92.5 Å². The van der Waals surface area contributed by atoms with Crippen molar-refractivity contribution in [2.24, 2.45) is 0 Å². The van der Waals surface area contributed by atoms with Crippen LogP contribution in [-0.4, -0.2) is 109 Å². The maximum atomic E-state index is 12.2. The minimum Gasteiger partial charge on any atom is -0.474 e. The predicted molar refractivity (Wildman–Crippen MR) is 220 cm³/mol. The maximum Gasteiger partial charge on any atom is 0.328 e. The van der Waals surface area contributed by atoms with Gasteiger partial charge >= 0.3 is 6.03 Å². The van der Waals surface area contributed by atoms with E-state index >= 15 is 0 Å². The van der Waals surface area contributed by atoms with Crippen molar-refractivity contribution in [1.29, 1.82) is 0 Å². The minimum absolute atomic E-state index is 0.207. The largest absolute Gasteiger partial charge is 0.474 e. The fourth-order valence-corrected chi connectivity index (χ4v) is 8.39. The summed E-state index contributed by atoms with van der Waals surface area (Å²) in [4.78, 5) is 47.0. The molecule has 9 rings (SSSR count). The monoisotopic (exact) mass is 752 g/mol. The normalized spacial score (nSPS) is 18.3. The average Bonchev–Trinajstić information content (AvgIpc) is 3.24. The van der Waals surface area contributed by atoms with Crippen molar-refractivity contribution in [3.63, 3.8) is 0 Å². The van der Waals surface area contributed by atoms with Crippen LogP contribution in [0.5, 0.6) is 5.88 Å². The highest BCUT2D eigenvalue weighted by molar-refractivity contribution is 6.05. The van der Waals surface area contributed by atoms with E-state index in [1.165, 1.54) is 11.3 Å². The van der Waals surface area contributed by atoms with Gasteiger partial charge in [-0.1, -0.05) is 24.3 Å². The molecule has 56 heavy (non-hydrogen) atoms. The number of likely N-dealkylation sites (tertiary alicyclic amines) is 1. The van der Waals surface area contributed by atoms with Crippen molar-refractivity contribution >= 4 is 51.5 Å². The van der Waals surface area contributed by atoms with Crippen LogP contribution in [0.25, 0.3) is 22.0 Å². The Kier molecular flexibility index (Phi) is 10.1. The lowest BCUT2D eigenvalue weighted by molar-refractivity contribution is -0.120. The Morgan fingerprint density at radius 1 is 0.821 bits per heavy atom. The molecule has 5 aromatic rings. The van der Waals surface area contributed by atoms with Crippen LogP contribution in [-0.2, 0) is 4.79 Å². The van der Waals surface area contributed by atoms with Gasteiger partial charge in [-0.3, -0.25) is 19.9 Å². The number of aromatic nitrogens is 3. The third-order valence-electron chi connectivity index (χ3n) is 11.8. The van der Waals surface area contributed by atoms with Crippen LogP contribution in [0.1, 0.15) is 36.3 Å². The molecule has 3 saturated heterocycles. The lowest BCUT2D eigenvalue weighted by Gasteiger charge is -2.38. The Morgan fingerprint density at radius 3 is 2.34 bits per heavy atom. The SMILES string of the molecule is Cc1c(-c2ccc3cnc(Nc4ccc(N5CCN(CCN6CCC(c7ccc(N8CCC(=O)NC8=O)cc7)CC6)CC5)cc4)nc3c2)cnc2c1NCCO2. The predicted octanol–water partition coefficient (Wildman–Crippen LogP) is 6.00. The van der Waals surface area contributed by atoms with E-state index in [0.29, 0.717) is 37.3 Å². The molecule has 4 aliphatic heterocycles. The zero-order valence-corrected chi connectivity index (χ0v) is 31.8. The van der Waals surface area contributed by atoms with Crippen molar-refractivity contribution in [1.82, 2.24) is 30.1 Å². The second kappa shape index (κ2) is 15.8. The van der Waals surface area contributed by atoms with E-state index in [-0.39, 0.29) is 11.9 Å². The second-order valence-electron chi connectivity index (χ2n) is 15.2. The highest BCUT2D eigenvalue weighted by atomic mass is 16.5. The van der Waals surface area contributed by atoms with E-state index in [1.807, 2.05) is 24.5 Å². The molecule has 4 aliphatic rings. The number of urea groups is 1. The molecule has 13 nitrogen and oxygen atoms in total. The summed E-state index contributed by atoms with van der Waals surface area (Å²) >= 11 is 0. The molecule has 3 aromatic carbocycles. The van der Waals surface area contributed by atoms with Crippen molar-refractivity contribution in [2.45, 2.75) is 32.1 Å². The number of benzene rings is 3. The lowest BCUT2D eigenvalue weighted by atomic mass is 9.89. The molecule has 3 fully saturated rings. The number of hydrogen-bond acceptors (Lipinski definition) is 11. The van der Waals surface area contributed by atoms with Crippen LogP contribution in [0.3, 0.4) is 0 Å². The quantitative estimate of drug-likeness (QED) is 0.164. The third-order valence-corrected chi connectivity index (χ3v) is 11.8. The molecule has 2 aromatic heterocycles. The summed E-state index contributed by atoms with van der Waals surface area (Å²) in [6.45, 7) is 12.5. The summed E-state index contributed by atoms with van der Waals surface area (Å²) in [6.07, 6.45) is 6.37. The van der Waals surface area contributed by atoms with Gasteiger partial charge in [0.05, 0.1) is 5.52 Å².